The average molecular weight is 352 g/mol. The molecule has 0 saturated carbocycles. The van der Waals surface area contributed by atoms with E-state index < -0.39 is 11.6 Å². The highest BCUT2D eigenvalue weighted by Crippen LogP contribution is 2.21. The summed E-state index contributed by atoms with van der Waals surface area (Å²) in [7, 11) is 0. The van der Waals surface area contributed by atoms with Crippen LogP contribution in [0.1, 0.15) is 19.8 Å². The lowest BCUT2D eigenvalue weighted by molar-refractivity contribution is 0.190. The van der Waals surface area contributed by atoms with E-state index in [4.69, 9.17) is 0 Å². The van der Waals surface area contributed by atoms with Crippen molar-refractivity contribution >= 4 is 11.7 Å². The van der Waals surface area contributed by atoms with Gasteiger partial charge in [-0.25, -0.2) is 13.6 Å². The largest absolute Gasteiger partial charge is 0.366 e. The van der Waals surface area contributed by atoms with E-state index in [0.29, 0.717) is 31.9 Å². The van der Waals surface area contributed by atoms with Crippen molar-refractivity contribution in [2.24, 2.45) is 0 Å². The van der Waals surface area contributed by atoms with Gasteiger partial charge in [0.1, 0.15) is 11.6 Å². The number of nitrogens with zero attached hydrogens (tertiary/aromatic N) is 3. The number of carbonyl (C=O) groups is 1. The molecule has 2 aliphatic rings. The molecular weight excluding hydrogens is 326 g/mol. The van der Waals surface area contributed by atoms with Crippen LogP contribution in [0.5, 0.6) is 0 Å². The van der Waals surface area contributed by atoms with Crippen LogP contribution in [0.3, 0.4) is 0 Å². The van der Waals surface area contributed by atoms with E-state index in [1.165, 1.54) is 12.1 Å². The maximum absolute atomic E-state index is 13.9. The van der Waals surface area contributed by atoms with Gasteiger partial charge in [0.15, 0.2) is 0 Å². The van der Waals surface area contributed by atoms with Gasteiger partial charge >= 0.3 is 6.03 Å². The number of amides is 2. The quantitative estimate of drug-likeness (QED) is 0.904. The fraction of sp³-hybridized carbons (Fsp3) is 0.611. The molecule has 0 radical (unpaired) electrons. The van der Waals surface area contributed by atoms with Crippen molar-refractivity contribution in [3.63, 3.8) is 0 Å². The Bertz CT molecular complexity index is 605. The molecule has 2 aliphatic heterocycles. The molecule has 2 fully saturated rings. The molecule has 0 bridgehead atoms. The maximum atomic E-state index is 13.9. The lowest BCUT2D eigenvalue weighted by atomic mass is 10.2. The number of likely N-dealkylation sites (tertiary alicyclic amines) is 1. The number of hydrogen-bond donors (Lipinski definition) is 1. The van der Waals surface area contributed by atoms with Crippen molar-refractivity contribution < 1.29 is 13.6 Å². The van der Waals surface area contributed by atoms with E-state index in [1.54, 1.807) is 4.90 Å². The predicted octanol–water partition coefficient (Wildman–Crippen LogP) is 2.28. The predicted molar refractivity (Wildman–Crippen MR) is 93.8 cm³/mol. The van der Waals surface area contributed by atoms with E-state index in [0.717, 1.165) is 38.5 Å². The first-order valence-electron chi connectivity index (χ1n) is 9.04. The number of piperazine rings is 1. The second-order valence-electron chi connectivity index (χ2n) is 6.81. The molecule has 0 aromatic heterocycles. The summed E-state index contributed by atoms with van der Waals surface area (Å²) in [6.07, 6.45) is 2.12. The summed E-state index contributed by atoms with van der Waals surface area (Å²) in [5, 5.41) is 3.11. The Morgan fingerprint density at radius 3 is 2.64 bits per heavy atom. The van der Waals surface area contributed by atoms with Crippen LogP contribution in [0.15, 0.2) is 18.2 Å². The summed E-state index contributed by atoms with van der Waals surface area (Å²) in [6, 6.07) is 3.80. The molecule has 1 unspecified atom stereocenters. The number of carbonyl (C=O) groups excluding carboxylic acids is 1. The van der Waals surface area contributed by atoms with Gasteiger partial charge < -0.3 is 20.0 Å². The number of hydrogen-bond acceptors (Lipinski definition) is 3. The van der Waals surface area contributed by atoms with Gasteiger partial charge in [-0.3, -0.25) is 0 Å². The molecule has 5 nitrogen and oxygen atoms in total. The molecule has 1 N–H and O–H groups in total. The highest BCUT2D eigenvalue weighted by Gasteiger charge is 2.27. The van der Waals surface area contributed by atoms with E-state index in [9.17, 15) is 13.6 Å². The summed E-state index contributed by atoms with van der Waals surface area (Å²) in [6.45, 7) is 7.35. The first kappa shape index (κ1) is 17.9. The maximum Gasteiger partial charge on any atom is 0.317 e. The third-order valence-corrected chi connectivity index (χ3v) is 4.96. The van der Waals surface area contributed by atoms with Crippen LogP contribution >= 0.6 is 0 Å². The third kappa shape index (κ3) is 4.39. The monoisotopic (exact) mass is 352 g/mol. The molecule has 2 amide bonds. The topological polar surface area (TPSA) is 38.8 Å². The van der Waals surface area contributed by atoms with Crippen LogP contribution in [-0.2, 0) is 0 Å². The number of urea groups is 1. The number of rotatable bonds is 4. The zero-order chi connectivity index (χ0) is 17.8. The van der Waals surface area contributed by atoms with Crippen LogP contribution in [0.25, 0.3) is 0 Å². The molecule has 1 atom stereocenters. The van der Waals surface area contributed by atoms with E-state index in [1.807, 2.05) is 4.90 Å². The van der Waals surface area contributed by atoms with Gasteiger partial charge in [-0.1, -0.05) is 6.92 Å². The molecule has 2 heterocycles. The molecule has 2 saturated heterocycles. The van der Waals surface area contributed by atoms with Crippen molar-refractivity contribution in [1.82, 2.24) is 15.1 Å². The fourth-order valence-corrected chi connectivity index (χ4v) is 3.62. The number of anilines is 1. The molecule has 138 valence electrons. The third-order valence-electron chi connectivity index (χ3n) is 4.96. The van der Waals surface area contributed by atoms with Gasteiger partial charge in [0.05, 0.1) is 5.69 Å². The second-order valence-corrected chi connectivity index (χ2v) is 6.81. The Hall–Kier alpha value is -1.89. The van der Waals surface area contributed by atoms with Crippen molar-refractivity contribution in [3.8, 4) is 0 Å². The minimum Gasteiger partial charge on any atom is -0.366 e. The Kier molecular flexibility index (Phi) is 5.73. The SMILES string of the molecule is CCCN1CCC(NC(=O)N2CCN(c3ccc(F)cc3F)CC2)C1. The van der Waals surface area contributed by atoms with Crippen molar-refractivity contribution in [1.29, 1.82) is 0 Å². The lowest BCUT2D eigenvalue weighted by Crippen LogP contribution is -2.54. The zero-order valence-electron chi connectivity index (χ0n) is 14.7. The van der Waals surface area contributed by atoms with Crippen LogP contribution in [-0.4, -0.2) is 67.7 Å². The van der Waals surface area contributed by atoms with Gasteiger partial charge in [-0.2, -0.15) is 0 Å². The van der Waals surface area contributed by atoms with Crippen molar-refractivity contribution in [2.75, 3.05) is 50.7 Å². The van der Waals surface area contributed by atoms with Gasteiger partial charge in [0, 0.05) is 51.4 Å². The highest BCUT2D eigenvalue weighted by atomic mass is 19.1. The molecule has 3 rings (SSSR count). The van der Waals surface area contributed by atoms with Gasteiger partial charge in [0.2, 0.25) is 0 Å². The summed E-state index contributed by atoms with van der Waals surface area (Å²) >= 11 is 0. The normalized spacial score (nSPS) is 21.6. The van der Waals surface area contributed by atoms with Crippen LogP contribution < -0.4 is 10.2 Å². The zero-order valence-corrected chi connectivity index (χ0v) is 14.7. The molecule has 7 heteroatoms. The minimum absolute atomic E-state index is 0.0393. The summed E-state index contributed by atoms with van der Waals surface area (Å²) in [4.78, 5) is 18.4. The summed E-state index contributed by atoms with van der Waals surface area (Å²) in [5.74, 6) is -1.13. The Balaban J connectivity index is 1.48. The first-order chi connectivity index (χ1) is 12.1. The second kappa shape index (κ2) is 7.99. The lowest BCUT2D eigenvalue weighted by Gasteiger charge is -2.36. The Labute approximate surface area is 147 Å². The summed E-state index contributed by atoms with van der Waals surface area (Å²) < 4.78 is 26.9. The molecule has 1 aromatic rings. The molecule has 25 heavy (non-hydrogen) atoms. The summed E-state index contributed by atoms with van der Waals surface area (Å²) in [5.41, 5.74) is 0.396. The minimum atomic E-state index is -0.576. The van der Waals surface area contributed by atoms with Crippen molar-refractivity contribution in [3.05, 3.63) is 29.8 Å². The van der Waals surface area contributed by atoms with Gasteiger partial charge in [-0.15, -0.1) is 0 Å². The van der Waals surface area contributed by atoms with Gasteiger partial charge in [0.25, 0.3) is 0 Å². The smallest absolute Gasteiger partial charge is 0.317 e. The van der Waals surface area contributed by atoms with E-state index in [-0.39, 0.29) is 12.1 Å². The molecule has 1 aromatic carbocycles. The molecule has 0 spiro atoms. The van der Waals surface area contributed by atoms with Crippen LogP contribution in [0.2, 0.25) is 0 Å². The average Bonchev–Trinajstić information content (AvgIpc) is 3.02. The van der Waals surface area contributed by atoms with E-state index >= 15 is 0 Å². The van der Waals surface area contributed by atoms with Crippen LogP contribution in [0, 0.1) is 11.6 Å². The highest BCUT2D eigenvalue weighted by molar-refractivity contribution is 5.75. The van der Waals surface area contributed by atoms with E-state index in [2.05, 4.69) is 17.1 Å². The van der Waals surface area contributed by atoms with Crippen molar-refractivity contribution in [2.45, 2.75) is 25.8 Å². The number of halogens is 2. The number of nitrogens with one attached hydrogen (secondary N) is 1. The molecule has 0 aliphatic carbocycles. The fourth-order valence-electron chi connectivity index (χ4n) is 3.62. The Morgan fingerprint density at radius 2 is 1.96 bits per heavy atom. The van der Waals surface area contributed by atoms with Gasteiger partial charge in [-0.05, 0) is 31.5 Å². The van der Waals surface area contributed by atoms with Crippen LogP contribution in [0.4, 0.5) is 19.3 Å². The molecular formula is C18H26F2N4O. The standard InChI is InChI=1S/C18H26F2N4O/c1-2-6-22-7-5-15(13-22)21-18(25)24-10-8-23(9-11-24)17-4-3-14(19)12-16(17)20/h3-4,12,15H,2,5-11,13H2,1H3,(H,21,25). The number of benzene rings is 1. The Morgan fingerprint density at radius 1 is 1.20 bits per heavy atom. The first-order valence-corrected chi connectivity index (χ1v) is 9.04.